The first-order valence-electron chi connectivity index (χ1n) is 9.97. The van der Waals surface area contributed by atoms with Gasteiger partial charge in [0.1, 0.15) is 0 Å². The van der Waals surface area contributed by atoms with Gasteiger partial charge in [0.15, 0.2) is 0 Å². The Balaban J connectivity index is 1.83. The lowest BCUT2D eigenvalue weighted by atomic mass is 9.72. The highest BCUT2D eigenvalue weighted by Crippen LogP contribution is 2.37. The molecular formula is C20H31N3O3S. The summed E-state index contributed by atoms with van der Waals surface area (Å²) in [7, 11) is -3.22. The largest absolute Gasteiger partial charge is 0.351 e. The Hall–Kier alpha value is -1.44. The molecule has 2 fully saturated rings. The molecule has 3 rings (SSSR count). The maximum absolute atomic E-state index is 13.5. The van der Waals surface area contributed by atoms with Crippen LogP contribution in [0.15, 0.2) is 30.3 Å². The molecule has 2 heterocycles. The van der Waals surface area contributed by atoms with Gasteiger partial charge in [0.25, 0.3) is 0 Å². The van der Waals surface area contributed by atoms with E-state index in [-0.39, 0.29) is 23.7 Å². The summed E-state index contributed by atoms with van der Waals surface area (Å²) < 4.78 is 26.0. The van der Waals surface area contributed by atoms with Crippen LogP contribution in [-0.4, -0.2) is 56.1 Å². The number of hydrogen-bond acceptors (Lipinski definition) is 4. The van der Waals surface area contributed by atoms with Crippen LogP contribution in [0.1, 0.15) is 45.1 Å². The molecule has 1 aromatic carbocycles. The number of sulfonamides is 1. The molecule has 2 saturated heterocycles. The Labute approximate surface area is 162 Å². The molecule has 1 aromatic rings. The fourth-order valence-electron chi connectivity index (χ4n) is 4.28. The van der Waals surface area contributed by atoms with E-state index in [4.69, 9.17) is 0 Å². The van der Waals surface area contributed by atoms with E-state index < -0.39 is 15.4 Å². The molecule has 0 spiro atoms. The topological polar surface area (TPSA) is 78.5 Å². The first-order valence-corrected chi connectivity index (χ1v) is 11.6. The molecule has 0 radical (unpaired) electrons. The highest BCUT2D eigenvalue weighted by Gasteiger charge is 2.45. The highest BCUT2D eigenvalue weighted by atomic mass is 32.2. The number of amides is 1. The van der Waals surface area contributed by atoms with Gasteiger partial charge < -0.3 is 10.6 Å². The van der Waals surface area contributed by atoms with Crippen molar-refractivity contribution < 1.29 is 13.2 Å². The van der Waals surface area contributed by atoms with Gasteiger partial charge in [0, 0.05) is 25.2 Å². The summed E-state index contributed by atoms with van der Waals surface area (Å²) in [6.45, 7) is 5.53. The first kappa shape index (κ1) is 20.3. The maximum Gasteiger partial charge on any atom is 0.231 e. The quantitative estimate of drug-likeness (QED) is 0.797. The summed E-state index contributed by atoms with van der Waals surface area (Å²) in [5, 5.41) is 6.70. The van der Waals surface area contributed by atoms with Gasteiger partial charge in [-0.3, -0.25) is 4.79 Å². The molecule has 2 aliphatic rings. The summed E-state index contributed by atoms with van der Waals surface area (Å²) in [5.41, 5.74) is 0.311. The van der Waals surface area contributed by atoms with Gasteiger partial charge in [0.05, 0.1) is 11.2 Å². The molecule has 2 unspecified atom stereocenters. The average Bonchev–Trinajstić information content (AvgIpc) is 2.70. The highest BCUT2D eigenvalue weighted by molar-refractivity contribution is 7.89. The van der Waals surface area contributed by atoms with Crippen LogP contribution in [0, 0.1) is 0 Å². The SMILES string of the molecule is CCS(=O)(=O)N1CCC(C(=O)NC2CCCNC2C)(c2ccccc2)CC1. The molecule has 0 saturated carbocycles. The van der Waals surface area contributed by atoms with E-state index in [0.717, 1.165) is 24.9 Å². The summed E-state index contributed by atoms with van der Waals surface area (Å²) in [6, 6.07) is 10.2. The number of carbonyl (C=O) groups is 1. The van der Waals surface area contributed by atoms with Crippen molar-refractivity contribution in [2.45, 2.75) is 57.0 Å². The van der Waals surface area contributed by atoms with Crippen molar-refractivity contribution in [2.75, 3.05) is 25.4 Å². The van der Waals surface area contributed by atoms with Gasteiger partial charge in [-0.1, -0.05) is 30.3 Å². The number of nitrogens with one attached hydrogen (secondary N) is 2. The van der Waals surface area contributed by atoms with E-state index >= 15 is 0 Å². The van der Waals surface area contributed by atoms with E-state index in [1.165, 1.54) is 4.31 Å². The number of hydrogen-bond donors (Lipinski definition) is 2. The van der Waals surface area contributed by atoms with Crippen molar-refractivity contribution >= 4 is 15.9 Å². The van der Waals surface area contributed by atoms with Crippen LogP contribution in [0.2, 0.25) is 0 Å². The third kappa shape index (κ3) is 4.20. The second-order valence-electron chi connectivity index (χ2n) is 7.71. The lowest BCUT2D eigenvalue weighted by Crippen LogP contribution is -2.58. The zero-order valence-corrected chi connectivity index (χ0v) is 17.1. The molecule has 0 aliphatic carbocycles. The van der Waals surface area contributed by atoms with Crippen LogP contribution in [0.5, 0.6) is 0 Å². The van der Waals surface area contributed by atoms with Crippen molar-refractivity contribution in [2.24, 2.45) is 0 Å². The van der Waals surface area contributed by atoms with E-state index in [0.29, 0.717) is 25.9 Å². The minimum absolute atomic E-state index is 0.0304. The van der Waals surface area contributed by atoms with Crippen molar-refractivity contribution in [1.29, 1.82) is 0 Å². The van der Waals surface area contributed by atoms with Gasteiger partial charge >= 0.3 is 0 Å². The van der Waals surface area contributed by atoms with Crippen molar-refractivity contribution in [3.8, 4) is 0 Å². The van der Waals surface area contributed by atoms with Gasteiger partial charge in [-0.05, 0) is 51.6 Å². The van der Waals surface area contributed by atoms with Crippen LogP contribution in [-0.2, 0) is 20.2 Å². The molecule has 2 atom stereocenters. The van der Waals surface area contributed by atoms with Gasteiger partial charge in [-0.15, -0.1) is 0 Å². The Morgan fingerprint density at radius 1 is 1.26 bits per heavy atom. The van der Waals surface area contributed by atoms with Crippen LogP contribution in [0.3, 0.4) is 0 Å². The Morgan fingerprint density at radius 3 is 2.52 bits per heavy atom. The Bertz CT molecular complexity index is 743. The average molecular weight is 394 g/mol. The molecule has 27 heavy (non-hydrogen) atoms. The van der Waals surface area contributed by atoms with Crippen LogP contribution < -0.4 is 10.6 Å². The molecule has 150 valence electrons. The van der Waals surface area contributed by atoms with Crippen LogP contribution in [0.25, 0.3) is 0 Å². The predicted molar refractivity (Wildman–Crippen MR) is 107 cm³/mol. The first-order chi connectivity index (χ1) is 12.9. The fourth-order valence-corrected chi connectivity index (χ4v) is 5.38. The van der Waals surface area contributed by atoms with Crippen LogP contribution in [0.4, 0.5) is 0 Å². The van der Waals surface area contributed by atoms with E-state index in [2.05, 4.69) is 17.6 Å². The van der Waals surface area contributed by atoms with Crippen molar-refractivity contribution in [3.05, 3.63) is 35.9 Å². The summed E-state index contributed by atoms with van der Waals surface area (Å²) in [6.07, 6.45) is 3.05. The van der Waals surface area contributed by atoms with E-state index in [1.54, 1.807) is 6.92 Å². The van der Waals surface area contributed by atoms with E-state index in [9.17, 15) is 13.2 Å². The standard InChI is InChI=1S/C20H31N3O3S/c1-3-27(25,26)23-14-11-20(12-15-23,17-8-5-4-6-9-17)19(24)22-18-10-7-13-21-16(18)2/h4-6,8-9,16,18,21H,3,7,10-15H2,1-2H3,(H,22,24). The second kappa shape index (κ2) is 8.29. The monoisotopic (exact) mass is 393 g/mol. The summed E-state index contributed by atoms with van der Waals surface area (Å²) in [5.74, 6) is 0.130. The molecule has 6 nitrogen and oxygen atoms in total. The number of benzene rings is 1. The lowest BCUT2D eigenvalue weighted by Gasteiger charge is -2.42. The predicted octanol–water partition coefficient (Wildman–Crippen LogP) is 1.63. The van der Waals surface area contributed by atoms with Crippen molar-refractivity contribution in [3.63, 3.8) is 0 Å². The van der Waals surface area contributed by atoms with Gasteiger partial charge in [-0.25, -0.2) is 12.7 Å². The molecule has 2 aliphatic heterocycles. The Kier molecular flexibility index (Phi) is 6.23. The molecule has 7 heteroatoms. The molecular weight excluding hydrogens is 362 g/mol. The van der Waals surface area contributed by atoms with Gasteiger partial charge in [-0.2, -0.15) is 0 Å². The van der Waals surface area contributed by atoms with E-state index in [1.807, 2.05) is 30.3 Å². The zero-order valence-electron chi connectivity index (χ0n) is 16.3. The molecule has 0 aromatic heterocycles. The summed E-state index contributed by atoms with van der Waals surface area (Å²) >= 11 is 0. The summed E-state index contributed by atoms with van der Waals surface area (Å²) in [4.78, 5) is 13.5. The second-order valence-corrected chi connectivity index (χ2v) is 9.97. The zero-order chi connectivity index (χ0) is 19.5. The smallest absolute Gasteiger partial charge is 0.231 e. The third-order valence-electron chi connectivity index (χ3n) is 6.17. The number of carbonyl (C=O) groups excluding carboxylic acids is 1. The molecule has 1 amide bonds. The van der Waals surface area contributed by atoms with Crippen LogP contribution >= 0.6 is 0 Å². The number of rotatable bonds is 5. The normalized spacial score (nSPS) is 26.4. The minimum Gasteiger partial charge on any atom is -0.351 e. The Morgan fingerprint density at radius 2 is 1.93 bits per heavy atom. The van der Waals surface area contributed by atoms with Gasteiger partial charge in [0.2, 0.25) is 15.9 Å². The molecule has 0 bridgehead atoms. The molecule has 2 N–H and O–H groups in total. The third-order valence-corrected chi connectivity index (χ3v) is 8.05. The maximum atomic E-state index is 13.5. The number of piperidine rings is 2. The fraction of sp³-hybridized carbons (Fsp3) is 0.650. The number of nitrogens with zero attached hydrogens (tertiary/aromatic N) is 1. The lowest BCUT2D eigenvalue weighted by molar-refractivity contribution is -0.129. The minimum atomic E-state index is -3.22. The van der Waals surface area contributed by atoms with Crippen molar-refractivity contribution in [1.82, 2.24) is 14.9 Å².